The number of nitrogens with zero attached hydrogens (tertiary/aromatic N) is 1. The summed E-state index contributed by atoms with van der Waals surface area (Å²) in [6.07, 6.45) is 3.13. The van der Waals surface area contributed by atoms with Gasteiger partial charge in [0.1, 0.15) is 0 Å². The van der Waals surface area contributed by atoms with Crippen molar-refractivity contribution in [2.24, 2.45) is 5.73 Å². The molecule has 0 aliphatic heterocycles. The molecule has 2 unspecified atom stereocenters. The number of halogens is 1. The Labute approximate surface area is 126 Å². The molecule has 0 saturated heterocycles. The molecule has 0 aliphatic carbocycles. The van der Waals surface area contributed by atoms with Crippen molar-refractivity contribution in [3.8, 4) is 0 Å². The Balaban J connectivity index is 2.92. The summed E-state index contributed by atoms with van der Waals surface area (Å²) in [4.78, 5) is 2.44. The molecule has 0 saturated carbocycles. The molecule has 0 bridgehead atoms. The predicted octanol–water partition coefficient (Wildman–Crippen LogP) is 4.35. The van der Waals surface area contributed by atoms with Crippen molar-refractivity contribution in [3.63, 3.8) is 0 Å². The summed E-state index contributed by atoms with van der Waals surface area (Å²) >= 11 is 3.72. The van der Waals surface area contributed by atoms with Gasteiger partial charge in [-0.1, -0.05) is 19.9 Å². The predicted molar refractivity (Wildman–Crippen MR) is 88.9 cm³/mol. The summed E-state index contributed by atoms with van der Waals surface area (Å²) in [7, 11) is 0. The van der Waals surface area contributed by atoms with Crippen molar-refractivity contribution in [2.75, 3.05) is 11.4 Å². The molecule has 1 rings (SSSR count). The fraction of sp³-hybridized carbons (Fsp3) is 0.625. The summed E-state index contributed by atoms with van der Waals surface area (Å²) in [5, 5.41) is 0. The second-order valence-electron chi connectivity index (χ2n) is 5.20. The molecule has 0 heterocycles. The smallest absolute Gasteiger partial charge is 0.0513 e. The van der Waals surface area contributed by atoms with Gasteiger partial charge in [-0.25, -0.2) is 0 Å². The zero-order chi connectivity index (χ0) is 14.4. The maximum Gasteiger partial charge on any atom is 0.0513 e. The summed E-state index contributed by atoms with van der Waals surface area (Å²) in [5.74, 6) is 0. The molecule has 0 spiro atoms. The highest BCUT2D eigenvalue weighted by molar-refractivity contribution is 9.10. The summed E-state index contributed by atoms with van der Waals surface area (Å²) in [5.41, 5.74) is 8.62. The van der Waals surface area contributed by atoms with Crippen molar-refractivity contribution in [2.45, 2.75) is 59.0 Å². The molecule has 2 nitrogen and oxygen atoms in total. The van der Waals surface area contributed by atoms with E-state index in [9.17, 15) is 0 Å². The number of nitrogens with two attached hydrogens (primary N) is 1. The molecule has 3 heteroatoms. The van der Waals surface area contributed by atoms with Crippen LogP contribution in [0.3, 0.4) is 0 Å². The van der Waals surface area contributed by atoms with E-state index in [0.717, 1.165) is 25.8 Å². The molecule has 0 amide bonds. The van der Waals surface area contributed by atoms with E-state index in [4.69, 9.17) is 5.73 Å². The molecule has 19 heavy (non-hydrogen) atoms. The standard InChI is InChI=1S/C16H27BrN2/c1-5-12(4)19(7-3)16-9-8-13(11-15(16)17)10-14(18)6-2/h8-9,11-12,14H,5-7,10,18H2,1-4H3. The van der Waals surface area contributed by atoms with E-state index in [1.165, 1.54) is 15.7 Å². The lowest BCUT2D eigenvalue weighted by Gasteiger charge is -2.30. The van der Waals surface area contributed by atoms with Crippen LogP contribution in [0.1, 0.15) is 46.1 Å². The number of benzene rings is 1. The Bertz CT molecular complexity index is 392. The van der Waals surface area contributed by atoms with Gasteiger partial charge in [-0.15, -0.1) is 0 Å². The molecule has 1 aromatic carbocycles. The lowest BCUT2D eigenvalue weighted by atomic mass is 10.0. The second-order valence-corrected chi connectivity index (χ2v) is 6.06. The van der Waals surface area contributed by atoms with E-state index in [0.29, 0.717) is 6.04 Å². The third-order valence-corrected chi connectivity index (χ3v) is 4.44. The number of anilines is 1. The van der Waals surface area contributed by atoms with Gasteiger partial charge < -0.3 is 10.6 Å². The third-order valence-electron chi connectivity index (χ3n) is 3.81. The lowest BCUT2D eigenvalue weighted by molar-refractivity contribution is 0.627. The maximum atomic E-state index is 6.02. The SMILES string of the molecule is CCC(N)Cc1ccc(N(CC)C(C)CC)c(Br)c1. The highest BCUT2D eigenvalue weighted by Gasteiger charge is 2.14. The normalized spacial score (nSPS) is 14.2. The van der Waals surface area contributed by atoms with E-state index in [2.05, 4.69) is 66.7 Å². The molecule has 0 aliphatic rings. The van der Waals surface area contributed by atoms with E-state index >= 15 is 0 Å². The molecule has 2 atom stereocenters. The average Bonchev–Trinajstić information content (AvgIpc) is 2.41. The van der Waals surface area contributed by atoms with Crippen molar-refractivity contribution >= 4 is 21.6 Å². The fourth-order valence-corrected chi connectivity index (χ4v) is 2.95. The first kappa shape index (κ1) is 16.5. The molecule has 1 aromatic rings. The first-order valence-corrected chi connectivity index (χ1v) is 8.13. The Morgan fingerprint density at radius 3 is 2.37 bits per heavy atom. The van der Waals surface area contributed by atoms with Crippen LogP contribution in [-0.2, 0) is 6.42 Å². The molecule has 108 valence electrons. The largest absolute Gasteiger partial charge is 0.368 e. The Morgan fingerprint density at radius 1 is 1.21 bits per heavy atom. The summed E-state index contributed by atoms with van der Waals surface area (Å²) in [6, 6.07) is 7.47. The van der Waals surface area contributed by atoms with E-state index in [1.807, 2.05) is 0 Å². The van der Waals surface area contributed by atoms with E-state index in [1.54, 1.807) is 0 Å². The molecule has 0 fully saturated rings. The van der Waals surface area contributed by atoms with Crippen molar-refractivity contribution in [3.05, 3.63) is 28.2 Å². The van der Waals surface area contributed by atoms with Gasteiger partial charge >= 0.3 is 0 Å². The number of hydrogen-bond acceptors (Lipinski definition) is 2. The Morgan fingerprint density at radius 2 is 1.89 bits per heavy atom. The quantitative estimate of drug-likeness (QED) is 0.806. The zero-order valence-corrected chi connectivity index (χ0v) is 14.2. The van der Waals surface area contributed by atoms with Crippen molar-refractivity contribution in [1.82, 2.24) is 0 Å². The van der Waals surface area contributed by atoms with Crippen LogP contribution in [0.5, 0.6) is 0 Å². The highest BCUT2D eigenvalue weighted by Crippen LogP contribution is 2.29. The lowest BCUT2D eigenvalue weighted by Crippen LogP contribution is -2.32. The van der Waals surface area contributed by atoms with Crippen LogP contribution in [-0.4, -0.2) is 18.6 Å². The van der Waals surface area contributed by atoms with Gasteiger partial charge in [0.15, 0.2) is 0 Å². The number of rotatable bonds is 7. The van der Waals surface area contributed by atoms with Crippen LogP contribution in [0, 0.1) is 0 Å². The summed E-state index contributed by atoms with van der Waals surface area (Å²) < 4.78 is 1.18. The van der Waals surface area contributed by atoms with Gasteiger partial charge in [0.05, 0.1) is 5.69 Å². The van der Waals surface area contributed by atoms with Crippen LogP contribution in [0.25, 0.3) is 0 Å². The molecule has 0 aromatic heterocycles. The van der Waals surface area contributed by atoms with Crippen LogP contribution in [0.4, 0.5) is 5.69 Å². The monoisotopic (exact) mass is 326 g/mol. The minimum atomic E-state index is 0.259. The molecule has 2 N–H and O–H groups in total. The van der Waals surface area contributed by atoms with Crippen LogP contribution in [0.2, 0.25) is 0 Å². The Kier molecular flexibility index (Phi) is 6.87. The minimum Gasteiger partial charge on any atom is -0.368 e. The molecular formula is C16H27BrN2. The van der Waals surface area contributed by atoms with Crippen LogP contribution < -0.4 is 10.6 Å². The van der Waals surface area contributed by atoms with Gasteiger partial charge in [-0.05, 0) is 66.7 Å². The second kappa shape index (κ2) is 7.91. The molecular weight excluding hydrogens is 300 g/mol. The van der Waals surface area contributed by atoms with Crippen molar-refractivity contribution < 1.29 is 0 Å². The topological polar surface area (TPSA) is 29.3 Å². The minimum absolute atomic E-state index is 0.259. The average molecular weight is 327 g/mol. The maximum absolute atomic E-state index is 6.02. The first-order valence-electron chi connectivity index (χ1n) is 7.34. The summed E-state index contributed by atoms with van der Waals surface area (Å²) in [6.45, 7) is 9.88. The van der Waals surface area contributed by atoms with Crippen molar-refractivity contribution in [1.29, 1.82) is 0 Å². The van der Waals surface area contributed by atoms with Crippen LogP contribution in [0.15, 0.2) is 22.7 Å². The third kappa shape index (κ3) is 4.50. The highest BCUT2D eigenvalue weighted by atomic mass is 79.9. The zero-order valence-electron chi connectivity index (χ0n) is 12.6. The molecule has 0 radical (unpaired) electrons. The van der Waals surface area contributed by atoms with Crippen LogP contribution >= 0.6 is 15.9 Å². The van der Waals surface area contributed by atoms with Gasteiger partial charge in [-0.2, -0.15) is 0 Å². The van der Waals surface area contributed by atoms with Gasteiger partial charge in [-0.3, -0.25) is 0 Å². The van der Waals surface area contributed by atoms with Gasteiger partial charge in [0.25, 0.3) is 0 Å². The number of hydrogen-bond donors (Lipinski definition) is 1. The van der Waals surface area contributed by atoms with E-state index < -0.39 is 0 Å². The van der Waals surface area contributed by atoms with E-state index in [-0.39, 0.29) is 6.04 Å². The Hall–Kier alpha value is -0.540. The van der Waals surface area contributed by atoms with Gasteiger partial charge in [0, 0.05) is 23.1 Å². The fourth-order valence-electron chi connectivity index (χ4n) is 2.30. The first-order chi connectivity index (χ1) is 9.03. The van der Waals surface area contributed by atoms with Gasteiger partial charge in [0.2, 0.25) is 0 Å².